The Balaban J connectivity index is 1.36. The van der Waals surface area contributed by atoms with Gasteiger partial charge in [-0.1, -0.05) is 43.5 Å². The second-order valence-corrected chi connectivity index (χ2v) is 10.6. The van der Waals surface area contributed by atoms with Crippen LogP contribution in [-0.2, 0) is 16.1 Å². The summed E-state index contributed by atoms with van der Waals surface area (Å²) in [6, 6.07) is 7.29. The Morgan fingerprint density at radius 3 is 2.71 bits per heavy atom. The average molecular weight is 488 g/mol. The molecule has 0 radical (unpaired) electrons. The molecule has 2 heterocycles. The predicted molar refractivity (Wildman–Crippen MR) is 128 cm³/mol. The maximum absolute atomic E-state index is 13.6. The summed E-state index contributed by atoms with van der Waals surface area (Å²) in [6.45, 7) is 2.97. The molecule has 2 N–H and O–H groups in total. The molecule has 1 aromatic rings. The lowest BCUT2D eigenvalue weighted by atomic mass is 9.75. The Morgan fingerprint density at radius 2 is 1.97 bits per heavy atom. The molecule has 2 aliphatic carbocycles. The van der Waals surface area contributed by atoms with Gasteiger partial charge in [0.15, 0.2) is 6.29 Å². The number of amides is 4. The van der Waals surface area contributed by atoms with Gasteiger partial charge < -0.3 is 10.2 Å². The topological polar surface area (TPSA) is 85.0 Å². The third kappa shape index (κ3) is 4.38. The van der Waals surface area contributed by atoms with Crippen molar-refractivity contribution < 1.29 is 14.4 Å². The van der Waals surface area contributed by atoms with Crippen molar-refractivity contribution >= 4 is 29.4 Å². The molecule has 4 amide bonds. The van der Waals surface area contributed by atoms with Crippen molar-refractivity contribution in [2.24, 2.45) is 11.8 Å². The molecule has 8 nitrogen and oxygen atoms in total. The van der Waals surface area contributed by atoms with Crippen LogP contribution in [0.2, 0.25) is 5.02 Å². The van der Waals surface area contributed by atoms with Crippen LogP contribution in [-0.4, -0.2) is 57.6 Å². The lowest BCUT2D eigenvalue weighted by Gasteiger charge is -2.49. The minimum Gasteiger partial charge on any atom is -0.353 e. The van der Waals surface area contributed by atoms with Crippen molar-refractivity contribution in [1.29, 1.82) is 0 Å². The number of nitrogens with one attached hydrogen (secondary N) is 2. The van der Waals surface area contributed by atoms with Gasteiger partial charge in [0.1, 0.15) is 0 Å². The van der Waals surface area contributed by atoms with E-state index < -0.39 is 6.29 Å². The number of hydrogen-bond acceptors (Lipinski definition) is 4. The van der Waals surface area contributed by atoms with Gasteiger partial charge in [-0.25, -0.2) is 4.79 Å². The molecular weight excluding hydrogens is 454 g/mol. The molecule has 4 fully saturated rings. The lowest BCUT2D eigenvalue weighted by molar-refractivity contribution is -0.158. The second kappa shape index (κ2) is 9.74. The van der Waals surface area contributed by atoms with E-state index in [0.29, 0.717) is 37.4 Å². The number of urea groups is 1. The summed E-state index contributed by atoms with van der Waals surface area (Å²) in [4.78, 5) is 43.8. The molecule has 2 saturated heterocycles. The molecule has 9 heteroatoms. The summed E-state index contributed by atoms with van der Waals surface area (Å²) >= 11 is 6.14. The highest BCUT2D eigenvalue weighted by Gasteiger charge is 2.55. The summed E-state index contributed by atoms with van der Waals surface area (Å²) in [5, 5.41) is 5.42. The smallest absolute Gasteiger partial charge is 0.337 e. The molecule has 0 spiro atoms. The van der Waals surface area contributed by atoms with Crippen molar-refractivity contribution in [3.63, 3.8) is 0 Å². The zero-order valence-electron chi connectivity index (χ0n) is 19.7. The summed E-state index contributed by atoms with van der Waals surface area (Å²) in [7, 11) is 0. The van der Waals surface area contributed by atoms with Gasteiger partial charge in [0.05, 0.1) is 12.5 Å². The molecule has 184 valence electrons. The average Bonchev–Trinajstić information content (AvgIpc) is 3.44. The zero-order valence-corrected chi connectivity index (χ0v) is 20.5. The first-order chi connectivity index (χ1) is 16.5. The van der Waals surface area contributed by atoms with E-state index in [0.717, 1.165) is 24.8 Å². The van der Waals surface area contributed by atoms with Crippen LogP contribution in [0.4, 0.5) is 4.79 Å². The van der Waals surface area contributed by atoms with Crippen LogP contribution in [0.25, 0.3) is 0 Å². The monoisotopic (exact) mass is 487 g/mol. The molecule has 4 atom stereocenters. The molecule has 1 aromatic carbocycles. The van der Waals surface area contributed by atoms with Crippen LogP contribution in [0, 0.1) is 11.8 Å². The first-order valence-electron chi connectivity index (χ1n) is 12.7. The number of nitrogens with zero attached hydrogens (tertiary/aromatic N) is 3. The fourth-order valence-electron chi connectivity index (χ4n) is 6.15. The highest BCUT2D eigenvalue weighted by atomic mass is 35.5. The number of carbonyl (C=O) groups excluding carboxylic acids is 3. The highest BCUT2D eigenvalue weighted by Crippen LogP contribution is 2.41. The summed E-state index contributed by atoms with van der Waals surface area (Å²) in [5.41, 5.74) is 4.20. The van der Waals surface area contributed by atoms with Crippen LogP contribution in [0.5, 0.6) is 0 Å². The van der Waals surface area contributed by atoms with Crippen LogP contribution in [0.3, 0.4) is 0 Å². The molecule has 0 aromatic heterocycles. The van der Waals surface area contributed by atoms with Crippen LogP contribution in [0.15, 0.2) is 24.3 Å². The molecule has 4 aliphatic rings. The number of benzene rings is 1. The van der Waals surface area contributed by atoms with E-state index >= 15 is 0 Å². The molecular formula is C25H34ClN5O3. The van der Waals surface area contributed by atoms with Crippen LogP contribution < -0.4 is 10.7 Å². The Morgan fingerprint density at radius 1 is 1.18 bits per heavy atom. The van der Waals surface area contributed by atoms with E-state index in [-0.39, 0.29) is 41.8 Å². The van der Waals surface area contributed by atoms with Gasteiger partial charge in [-0.2, -0.15) is 5.43 Å². The third-order valence-electron chi connectivity index (χ3n) is 7.82. The fraction of sp³-hybridized carbons (Fsp3) is 0.640. The van der Waals surface area contributed by atoms with Crippen molar-refractivity contribution in [3.8, 4) is 0 Å². The van der Waals surface area contributed by atoms with E-state index in [9.17, 15) is 14.4 Å². The summed E-state index contributed by atoms with van der Waals surface area (Å²) in [6.07, 6.45) is 6.58. The van der Waals surface area contributed by atoms with Gasteiger partial charge in [0.2, 0.25) is 11.8 Å². The van der Waals surface area contributed by atoms with Crippen molar-refractivity contribution in [3.05, 3.63) is 34.9 Å². The Kier molecular flexibility index (Phi) is 6.71. The van der Waals surface area contributed by atoms with Gasteiger partial charge in [-0.3, -0.25) is 19.5 Å². The zero-order chi connectivity index (χ0) is 23.8. The number of hydrazine groups is 1. The van der Waals surface area contributed by atoms with Gasteiger partial charge in [-0.15, -0.1) is 0 Å². The highest BCUT2D eigenvalue weighted by molar-refractivity contribution is 6.30. The van der Waals surface area contributed by atoms with Gasteiger partial charge in [0, 0.05) is 29.6 Å². The van der Waals surface area contributed by atoms with Crippen molar-refractivity contribution in [1.82, 2.24) is 25.6 Å². The number of halogens is 1. The van der Waals surface area contributed by atoms with Gasteiger partial charge >= 0.3 is 6.03 Å². The minimum atomic E-state index is -0.517. The van der Waals surface area contributed by atoms with Gasteiger partial charge in [-0.05, 0) is 56.2 Å². The predicted octanol–water partition coefficient (Wildman–Crippen LogP) is 3.46. The van der Waals surface area contributed by atoms with E-state index in [1.165, 1.54) is 12.8 Å². The summed E-state index contributed by atoms with van der Waals surface area (Å²) < 4.78 is 0. The molecule has 2 aliphatic heterocycles. The lowest BCUT2D eigenvalue weighted by Crippen LogP contribution is -2.67. The molecule has 5 rings (SSSR count). The van der Waals surface area contributed by atoms with Gasteiger partial charge in [0.25, 0.3) is 0 Å². The second-order valence-electron chi connectivity index (χ2n) is 10.1. The minimum absolute atomic E-state index is 0.0840. The van der Waals surface area contributed by atoms with E-state index in [2.05, 4.69) is 10.7 Å². The normalized spacial score (nSPS) is 29.4. The Labute approximate surface area is 205 Å². The largest absolute Gasteiger partial charge is 0.353 e. The third-order valence-corrected chi connectivity index (χ3v) is 8.06. The van der Waals surface area contributed by atoms with Crippen molar-refractivity contribution in [2.45, 2.75) is 83.2 Å². The molecule has 2 saturated carbocycles. The maximum Gasteiger partial charge on any atom is 0.337 e. The number of rotatable bonds is 6. The Hall–Kier alpha value is -2.32. The van der Waals surface area contributed by atoms with Crippen molar-refractivity contribution in [2.75, 3.05) is 6.54 Å². The fourth-order valence-corrected chi connectivity index (χ4v) is 6.36. The molecule has 34 heavy (non-hydrogen) atoms. The maximum atomic E-state index is 13.6. The van der Waals surface area contributed by atoms with E-state index in [4.69, 9.17) is 11.6 Å². The number of fused-ring (bicyclic) bond motifs is 3. The number of hydrogen-bond donors (Lipinski definition) is 2. The SMILES string of the molecule is CCCN1C(=O)C2CCC(C(=O)NC3CCCC3)CC2N2C(=O)N(Cc3cccc(Cl)c3)NC12. The van der Waals surface area contributed by atoms with Crippen LogP contribution >= 0.6 is 11.6 Å². The quantitative estimate of drug-likeness (QED) is 0.643. The first-order valence-corrected chi connectivity index (χ1v) is 13.1. The molecule has 0 bridgehead atoms. The summed E-state index contributed by atoms with van der Waals surface area (Å²) in [5.74, 6) is -0.244. The standard InChI is InChI=1S/C25H34ClN5O3/c1-2-12-29-23(33)20-11-10-17(22(32)27-19-8-3-4-9-19)14-21(20)31-24(29)28-30(25(31)34)15-16-6-5-7-18(26)13-16/h5-7,13,17,19-21,24,28H,2-4,8-12,14-15H2,1H3,(H,27,32). The molecule has 4 unspecified atom stereocenters. The van der Waals surface area contributed by atoms with E-state index in [1.54, 1.807) is 16.0 Å². The number of carbonyl (C=O) groups is 3. The Bertz CT molecular complexity index is 952. The first kappa shape index (κ1) is 23.4. The van der Waals surface area contributed by atoms with E-state index in [1.807, 2.05) is 30.0 Å². The van der Waals surface area contributed by atoms with Crippen LogP contribution in [0.1, 0.15) is 63.9 Å².